The lowest BCUT2D eigenvalue weighted by Crippen LogP contribution is -2.32. The van der Waals surface area contributed by atoms with Crippen molar-refractivity contribution in [3.63, 3.8) is 0 Å². The topological polar surface area (TPSA) is 41.5 Å². The summed E-state index contributed by atoms with van der Waals surface area (Å²) >= 11 is 0. The molecule has 0 amide bonds. The zero-order valence-corrected chi connectivity index (χ0v) is 12.7. The molecule has 0 saturated carbocycles. The minimum atomic E-state index is -0.384. The molecule has 3 nitrogen and oxygen atoms in total. The molecule has 2 atom stereocenters. The summed E-state index contributed by atoms with van der Waals surface area (Å²) in [6, 6.07) is 0. The van der Waals surface area contributed by atoms with Gasteiger partial charge in [-0.05, 0) is 32.2 Å². The highest BCUT2D eigenvalue weighted by Crippen LogP contribution is 2.07. The first kappa shape index (κ1) is 17.9. The number of hydrogen-bond acceptors (Lipinski definition) is 3. The first-order valence-electron chi connectivity index (χ1n) is 7.56. The maximum absolute atomic E-state index is 9.75. The Bertz CT molecular complexity index is 174. The fourth-order valence-electron chi connectivity index (χ4n) is 2.01. The molecule has 0 rings (SSSR count). The lowest BCUT2D eigenvalue weighted by atomic mass is 10.1. The molecular weight excluding hydrogens is 226 g/mol. The number of aliphatic hydroxyl groups is 1. The zero-order valence-electron chi connectivity index (χ0n) is 12.7. The summed E-state index contributed by atoms with van der Waals surface area (Å²) in [4.78, 5) is 0. The van der Waals surface area contributed by atoms with Crippen LogP contribution in [0.1, 0.15) is 59.8 Å². The SMILES string of the molecule is CCCCCCNC[C@H](O)CO[C@H](C)CC(C)C. The maximum Gasteiger partial charge on any atom is 0.0897 e. The standard InChI is InChI=1S/C15H33NO2/c1-5-6-7-8-9-16-11-15(17)12-18-14(4)10-13(2)3/h13-17H,5-12H2,1-4H3/t14-,15+/m1/s1. The summed E-state index contributed by atoms with van der Waals surface area (Å²) < 4.78 is 5.62. The van der Waals surface area contributed by atoms with Gasteiger partial charge in [-0.3, -0.25) is 0 Å². The lowest BCUT2D eigenvalue weighted by molar-refractivity contribution is -0.00843. The molecule has 18 heavy (non-hydrogen) atoms. The van der Waals surface area contributed by atoms with Crippen LogP contribution in [-0.4, -0.2) is 37.0 Å². The summed E-state index contributed by atoms with van der Waals surface area (Å²) in [5.41, 5.74) is 0. The monoisotopic (exact) mass is 259 g/mol. The predicted molar refractivity (Wildman–Crippen MR) is 77.9 cm³/mol. The van der Waals surface area contributed by atoms with Crippen molar-refractivity contribution in [3.05, 3.63) is 0 Å². The second kappa shape index (κ2) is 11.9. The van der Waals surface area contributed by atoms with Crippen LogP contribution in [0.25, 0.3) is 0 Å². The van der Waals surface area contributed by atoms with Crippen molar-refractivity contribution in [3.8, 4) is 0 Å². The Hall–Kier alpha value is -0.120. The van der Waals surface area contributed by atoms with Gasteiger partial charge in [-0.1, -0.05) is 40.0 Å². The van der Waals surface area contributed by atoms with Gasteiger partial charge in [0.05, 0.1) is 18.8 Å². The normalized spacial score (nSPS) is 15.0. The van der Waals surface area contributed by atoms with E-state index in [1.165, 1.54) is 25.7 Å². The second-order valence-corrected chi connectivity index (χ2v) is 5.69. The van der Waals surface area contributed by atoms with Crippen LogP contribution in [0.4, 0.5) is 0 Å². The van der Waals surface area contributed by atoms with Gasteiger partial charge < -0.3 is 15.2 Å². The second-order valence-electron chi connectivity index (χ2n) is 5.69. The largest absolute Gasteiger partial charge is 0.389 e. The minimum Gasteiger partial charge on any atom is -0.389 e. The van der Waals surface area contributed by atoms with Crippen LogP contribution in [0, 0.1) is 5.92 Å². The van der Waals surface area contributed by atoms with Crippen molar-refractivity contribution in [2.75, 3.05) is 19.7 Å². The van der Waals surface area contributed by atoms with Crippen LogP contribution >= 0.6 is 0 Å². The molecule has 0 saturated heterocycles. The van der Waals surface area contributed by atoms with E-state index < -0.39 is 0 Å². The van der Waals surface area contributed by atoms with E-state index in [0.717, 1.165) is 13.0 Å². The van der Waals surface area contributed by atoms with Crippen molar-refractivity contribution in [2.45, 2.75) is 72.0 Å². The first-order chi connectivity index (χ1) is 8.56. The Morgan fingerprint density at radius 3 is 2.44 bits per heavy atom. The molecule has 0 aliphatic heterocycles. The van der Waals surface area contributed by atoms with Crippen LogP contribution in [0.2, 0.25) is 0 Å². The Kier molecular flexibility index (Phi) is 11.9. The van der Waals surface area contributed by atoms with E-state index >= 15 is 0 Å². The van der Waals surface area contributed by atoms with Crippen molar-refractivity contribution >= 4 is 0 Å². The molecule has 0 aromatic carbocycles. The summed E-state index contributed by atoms with van der Waals surface area (Å²) in [6.45, 7) is 10.7. The van der Waals surface area contributed by atoms with Crippen molar-refractivity contribution in [1.29, 1.82) is 0 Å². The fourth-order valence-corrected chi connectivity index (χ4v) is 2.01. The molecule has 110 valence electrons. The molecule has 2 N–H and O–H groups in total. The maximum atomic E-state index is 9.75. The molecule has 0 aromatic rings. The fraction of sp³-hybridized carbons (Fsp3) is 1.00. The molecule has 0 aromatic heterocycles. The molecule has 3 heteroatoms. The number of unbranched alkanes of at least 4 members (excludes halogenated alkanes) is 3. The summed E-state index contributed by atoms with van der Waals surface area (Å²) in [6.07, 6.45) is 5.96. The van der Waals surface area contributed by atoms with Gasteiger partial charge in [0, 0.05) is 6.54 Å². The first-order valence-corrected chi connectivity index (χ1v) is 7.56. The Balaban J connectivity index is 3.34. The Morgan fingerprint density at radius 1 is 1.11 bits per heavy atom. The summed E-state index contributed by atoms with van der Waals surface area (Å²) in [5.74, 6) is 0.647. The van der Waals surface area contributed by atoms with E-state index in [0.29, 0.717) is 19.1 Å². The van der Waals surface area contributed by atoms with E-state index in [1.54, 1.807) is 0 Å². The molecule has 0 aliphatic rings. The van der Waals surface area contributed by atoms with E-state index in [9.17, 15) is 5.11 Å². The van der Waals surface area contributed by atoms with E-state index in [4.69, 9.17) is 4.74 Å². The molecular formula is C15H33NO2. The van der Waals surface area contributed by atoms with Gasteiger partial charge in [-0.25, -0.2) is 0 Å². The Labute approximate surface area is 113 Å². The molecule has 0 radical (unpaired) electrons. The van der Waals surface area contributed by atoms with Crippen LogP contribution in [-0.2, 0) is 4.74 Å². The molecule has 0 heterocycles. The highest BCUT2D eigenvalue weighted by molar-refractivity contribution is 4.61. The lowest BCUT2D eigenvalue weighted by Gasteiger charge is -2.18. The number of hydrogen-bond donors (Lipinski definition) is 2. The van der Waals surface area contributed by atoms with Gasteiger partial charge in [0.15, 0.2) is 0 Å². The van der Waals surface area contributed by atoms with Gasteiger partial charge in [0.2, 0.25) is 0 Å². The number of nitrogens with one attached hydrogen (secondary N) is 1. The average Bonchev–Trinajstić information content (AvgIpc) is 2.30. The van der Waals surface area contributed by atoms with Crippen LogP contribution in [0.15, 0.2) is 0 Å². The molecule has 0 unspecified atom stereocenters. The van der Waals surface area contributed by atoms with Gasteiger partial charge in [-0.2, -0.15) is 0 Å². The summed E-state index contributed by atoms with van der Waals surface area (Å²) in [5, 5.41) is 13.0. The Morgan fingerprint density at radius 2 is 1.83 bits per heavy atom. The van der Waals surface area contributed by atoms with Crippen molar-refractivity contribution in [2.24, 2.45) is 5.92 Å². The van der Waals surface area contributed by atoms with Gasteiger partial charge in [0.25, 0.3) is 0 Å². The van der Waals surface area contributed by atoms with Gasteiger partial charge in [-0.15, -0.1) is 0 Å². The van der Waals surface area contributed by atoms with Crippen molar-refractivity contribution < 1.29 is 9.84 Å². The third-order valence-electron chi connectivity index (χ3n) is 2.96. The highest BCUT2D eigenvalue weighted by atomic mass is 16.5. The number of ether oxygens (including phenoxy) is 1. The number of rotatable bonds is 12. The van der Waals surface area contributed by atoms with Gasteiger partial charge >= 0.3 is 0 Å². The van der Waals surface area contributed by atoms with Crippen LogP contribution in [0.3, 0.4) is 0 Å². The highest BCUT2D eigenvalue weighted by Gasteiger charge is 2.09. The van der Waals surface area contributed by atoms with E-state index in [-0.39, 0.29) is 12.2 Å². The summed E-state index contributed by atoms with van der Waals surface area (Å²) in [7, 11) is 0. The van der Waals surface area contributed by atoms with Crippen LogP contribution < -0.4 is 5.32 Å². The smallest absolute Gasteiger partial charge is 0.0897 e. The van der Waals surface area contributed by atoms with Gasteiger partial charge in [0.1, 0.15) is 0 Å². The van der Waals surface area contributed by atoms with Crippen LogP contribution in [0.5, 0.6) is 0 Å². The minimum absolute atomic E-state index is 0.240. The molecule has 0 spiro atoms. The van der Waals surface area contributed by atoms with E-state index in [1.807, 2.05) is 0 Å². The predicted octanol–water partition coefficient (Wildman–Crippen LogP) is 2.97. The molecule has 0 bridgehead atoms. The average molecular weight is 259 g/mol. The third-order valence-corrected chi connectivity index (χ3v) is 2.96. The van der Waals surface area contributed by atoms with E-state index in [2.05, 4.69) is 33.0 Å². The van der Waals surface area contributed by atoms with Crippen molar-refractivity contribution in [1.82, 2.24) is 5.32 Å². The molecule has 0 fully saturated rings. The zero-order chi connectivity index (χ0) is 13.8. The third kappa shape index (κ3) is 12.3. The number of aliphatic hydroxyl groups excluding tert-OH is 1. The quantitative estimate of drug-likeness (QED) is 0.529. The molecule has 0 aliphatic carbocycles.